The fourth-order valence-corrected chi connectivity index (χ4v) is 5.18. The molecule has 0 aliphatic heterocycles. The van der Waals surface area contributed by atoms with Crippen LogP contribution in [0.3, 0.4) is 0 Å². The molecule has 0 atom stereocenters. The summed E-state index contributed by atoms with van der Waals surface area (Å²) in [7, 11) is -3.57. The lowest BCUT2D eigenvalue weighted by atomic mass is 9.96. The first-order chi connectivity index (χ1) is 15.9. The molecule has 2 aromatic carbocycles. The third-order valence-corrected chi connectivity index (χ3v) is 7.20. The number of para-hydroxylation sites is 1. The van der Waals surface area contributed by atoms with Gasteiger partial charge in [-0.2, -0.15) is 0 Å². The first-order valence-corrected chi connectivity index (χ1v) is 13.2. The van der Waals surface area contributed by atoms with Crippen molar-refractivity contribution in [3.8, 4) is 5.75 Å². The summed E-state index contributed by atoms with van der Waals surface area (Å²) >= 11 is 5.26. The van der Waals surface area contributed by atoms with Crippen LogP contribution in [0.2, 0.25) is 0 Å². The lowest BCUT2D eigenvalue weighted by Gasteiger charge is -2.22. The van der Waals surface area contributed by atoms with Crippen molar-refractivity contribution in [2.24, 2.45) is 0 Å². The van der Waals surface area contributed by atoms with Crippen molar-refractivity contribution in [3.05, 3.63) is 54.1 Å². The number of anilines is 1. The highest BCUT2D eigenvalue weighted by molar-refractivity contribution is 7.89. The molecular weight excluding hydrogens is 458 g/mol. The summed E-state index contributed by atoms with van der Waals surface area (Å²) in [4.78, 5) is 12.9. The van der Waals surface area contributed by atoms with Crippen LogP contribution in [0, 0.1) is 0 Å². The molecule has 0 heterocycles. The highest BCUT2D eigenvalue weighted by atomic mass is 32.2. The van der Waals surface area contributed by atoms with Crippen LogP contribution in [0.25, 0.3) is 0 Å². The summed E-state index contributed by atoms with van der Waals surface area (Å²) < 4.78 is 33.8. The summed E-state index contributed by atoms with van der Waals surface area (Å²) in [6, 6.07) is 13.3. The van der Waals surface area contributed by atoms with Gasteiger partial charge in [-0.05, 0) is 67.9 Å². The second-order valence-electron chi connectivity index (χ2n) is 8.09. The molecule has 0 saturated heterocycles. The fourth-order valence-electron chi connectivity index (χ4n) is 3.66. The number of benzene rings is 2. The molecule has 9 heteroatoms. The molecular formula is C24H31N3O4S2. The molecule has 33 heavy (non-hydrogen) atoms. The van der Waals surface area contributed by atoms with Crippen LogP contribution in [0.15, 0.2) is 53.4 Å². The van der Waals surface area contributed by atoms with Crippen molar-refractivity contribution >= 4 is 38.9 Å². The van der Waals surface area contributed by atoms with E-state index >= 15 is 0 Å². The highest BCUT2D eigenvalue weighted by Gasteiger charge is 2.22. The van der Waals surface area contributed by atoms with E-state index in [1.165, 1.54) is 12.1 Å². The van der Waals surface area contributed by atoms with Gasteiger partial charge in [-0.15, -0.1) is 0 Å². The largest absolute Gasteiger partial charge is 0.493 e. The summed E-state index contributed by atoms with van der Waals surface area (Å²) in [5.74, 6) is 0.127. The van der Waals surface area contributed by atoms with Gasteiger partial charge in [0.15, 0.2) is 5.11 Å². The Morgan fingerprint density at radius 2 is 1.76 bits per heavy atom. The maximum Gasteiger partial charge on any atom is 0.261 e. The second-order valence-corrected chi connectivity index (χ2v) is 10.2. The minimum atomic E-state index is -3.57. The number of carbonyl (C=O) groups is 1. The van der Waals surface area contributed by atoms with E-state index in [0.717, 1.165) is 44.9 Å². The Morgan fingerprint density at radius 3 is 2.45 bits per heavy atom. The van der Waals surface area contributed by atoms with Crippen molar-refractivity contribution < 1.29 is 17.9 Å². The molecule has 1 saturated carbocycles. The lowest BCUT2D eigenvalue weighted by Crippen LogP contribution is -2.36. The molecule has 2 aromatic rings. The van der Waals surface area contributed by atoms with E-state index in [2.05, 4.69) is 22.3 Å². The minimum absolute atomic E-state index is 0.00169. The molecule has 1 fully saturated rings. The van der Waals surface area contributed by atoms with Crippen LogP contribution in [0.1, 0.15) is 62.2 Å². The predicted molar refractivity (Wildman–Crippen MR) is 134 cm³/mol. The predicted octanol–water partition coefficient (Wildman–Crippen LogP) is 4.60. The Hall–Kier alpha value is -2.49. The second kappa shape index (κ2) is 12.1. The Kier molecular flexibility index (Phi) is 9.22. The van der Waals surface area contributed by atoms with E-state index in [0.29, 0.717) is 23.6 Å². The number of thiocarbonyl (C=S) groups is 1. The third-order valence-electron chi connectivity index (χ3n) is 5.46. The van der Waals surface area contributed by atoms with Gasteiger partial charge in [0.1, 0.15) is 5.75 Å². The summed E-state index contributed by atoms with van der Waals surface area (Å²) in [6.07, 6.45) is 6.91. The molecule has 0 aromatic heterocycles. The number of hydrogen-bond acceptors (Lipinski definition) is 5. The van der Waals surface area contributed by atoms with Crippen molar-refractivity contribution in [1.82, 2.24) is 10.0 Å². The van der Waals surface area contributed by atoms with E-state index in [1.807, 2.05) is 6.07 Å². The molecule has 1 aliphatic carbocycles. The molecule has 0 spiro atoms. The van der Waals surface area contributed by atoms with Gasteiger partial charge >= 0.3 is 0 Å². The molecule has 0 unspecified atom stereocenters. The van der Waals surface area contributed by atoms with E-state index < -0.39 is 10.0 Å². The van der Waals surface area contributed by atoms with Crippen molar-refractivity contribution in [2.75, 3.05) is 11.9 Å². The van der Waals surface area contributed by atoms with Crippen LogP contribution in [-0.2, 0) is 10.0 Å². The Morgan fingerprint density at radius 1 is 1.06 bits per heavy atom. The van der Waals surface area contributed by atoms with Crippen LogP contribution in [0.5, 0.6) is 5.75 Å². The first-order valence-electron chi connectivity index (χ1n) is 11.4. The number of nitrogens with one attached hydrogen (secondary N) is 3. The smallest absolute Gasteiger partial charge is 0.261 e. The molecule has 3 N–H and O–H groups in total. The summed E-state index contributed by atoms with van der Waals surface area (Å²) in [5.41, 5.74) is 0.970. The quantitative estimate of drug-likeness (QED) is 0.352. The maximum absolute atomic E-state index is 12.7. The van der Waals surface area contributed by atoms with Crippen LogP contribution in [0.4, 0.5) is 5.69 Å². The standard InChI is InChI=1S/C24H31N3O4S2/c1-2-3-17-31-22-12-8-7-11-21(22)23(28)26-24(32)25-18-13-15-20(16-14-18)33(29,30)27-19-9-5-4-6-10-19/h7-8,11-16,19,27H,2-6,9-10,17H2,1H3,(H2,25,26,28,32). The van der Waals surface area contributed by atoms with Gasteiger partial charge in [-0.3, -0.25) is 10.1 Å². The number of sulfonamides is 1. The topological polar surface area (TPSA) is 96.5 Å². The Labute approximate surface area is 201 Å². The first kappa shape index (κ1) is 25.1. The minimum Gasteiger partial charge on any atom is -0.493 e. The summed E-state index contributed by atoms with van der Waals surface area (Å²) in [6.45, 7) is 2.61. The number of rotatable bonds is 9. The van der Waals surface area contributed by atoms with E-state index in [-0.39, 0.29) is 22.0 Å². The molecule has 1 aliphatic rings. The molecule has 3 rings (SSSR count). The fraction of sp³-hybridized carbons (Fsp3) is 0.417. The molecule has 0 radical (unpaired) electrons. The monoisotopic (exact) mass is 489 g/mol. The van der Waals surface area contributed by atoms with Crippen LogP contribution < -0.4 is 20.1 Å². The van der Waals surface area contributed by atoms with Crippen LogP contribution in [-0.4, -0.2) is 32.1 Å². The molecule has 7 nitrogen and oxygen atoms in total. The van der Waals surface area contributed by atoms with E-state index in [1.54, 1.807) is 30.3 Å². The third kappa shape index (κ3) is 7.52. The zero-order valence-electron chi connectivity index (χ0n) is 18.8. The van der Waals surface area contributed by atoms with Gasteiger partial charge in [0, 0.05) is 11.7 Å². The SMILES string of the molecule is CCCCOc1ccccc1C(=O)NC(=S)Nc1ccc(S(=O)(=O)NC2CCCCC2)cc1. The molecule has 0 bridgehead atoms. The van der Waals surface area contributed by atoms with E-state index in [9.17, 15) is 13.2 Å². The van der Waals surface area contributed by atoms with Gasteiger partial charge in [0.2, 0.25) is 10.0 Å². The normalized spacial score (nSPS) is 14.5. The number of ether oxygens (including phenoxy) is 1. The average molecular weight is 490 g/mol. The zero-order chi connectivity index (χ0) is 23.7. The Balaban J connectivity index is 1.57. The van der Waals surface area contributed by atoms with Crippen molar-refractivity contribution in [1.29, 1.82) is 0 Å². The maximum atomic E-state index is 12.7. The Bertz CT molecular complexity index is 1050. The van der Waals surface area contributed by atoms with E-state index in [4.69, 9.17) is 17.0 Å². The highest BCUT2D eigenvalue weighted by Crippen LogP contribution is 2.21. The number of hydrogen-bond donors (Lipinski definition) is 3. The zero-order valence-corrected chi connectivity index (χ0v) is 20.4. The van der Waals surface area contributed by atoms with Gasteiger partial charge in [-0.25, -0.2) is 13.1 Å². The van der Waals surface area contributed by atoms with Gasteiger partial charge in [-0.1, -0.05) is 44.7 Å². The van der Waals surface area contributed by atoms with Gasteiger partial charge in [0.05, 0.1) is 17.1 Å². The lowest BCUT2D eigenvalue weighted by molar-refractivity contribution is 0.0973. The summed E-state index contributed by atoms with van der Waals surface area (Å²) in [5, 5.41) is 5.67. The van der Waals surface area contributed by atoms with Crippen molar-refractivity contribution in [2.45, 2.75) is 62.8 Å². The number of carbonyl (C=O) groups excluding carboxylic acids is 1. The average Bonchev–Trinajstić information content (AvgIpc) is 2.80. The molecule has 178 valence electrons. The van der Waals surface area contributed by atoms with Crippen molar-refractivity contribution in [3.63, 3.8) is 0 Å². The number of amides is 1. The molecule has 1 amide bonds. The van der Waals surface area contributed by atoms with Crippen LogP contribution >= 0.6 is 12.2 Å². The number of unbranched alkanes of at least 4 members (excludes halogenated alkanes) is 1. The van der Waals surface area contributed by atoms with Gasteiger partial charge in [0.25, 0.3) is 5.91 Å². The van der Waals surface area contributed by atoms with Gasteiger partial charge < -0.3 is 10.1 Å².